The van der Waals surface area contributed by atoms with Gasteiger partial charge in [-0.3, -0.25) is 53.2 Å². The van der Waals surface area contributed by atoms with Gasteiger partial charge in [0.2, 0.25) is 33.7 Å². The molecule has 43 heteroatoms. The average Bonchev–Trinajstić information content (AvgIpc) is 1.77. The first-order valence-corrected chi connectivity index (χ1v) is 49.5. The maximum atomic E-state index is 13.5. The second-order valence-electron chi connectivity index (χ2n) is 35.1. The van der Waals surface area contributed by atoms with Crippen LogP contribution in [0.1, 0.15) is 86.5 Å². The SMILES string of the molecule is CN1C[C@@H](CN2CCCC2)N(C(=O)Cc2ccc(Cl)c(Cl)c2)C[C@@H]1COCC(=O)O.CN1C[C@@H](CN2CCCC2)N(C(=O)Cc2ccc(Cl)c(Cl)c2)C[C@H]1CNC(=S)N[C@@H](CC(=O)O)C(=O)O.CN1C[C@@H](CN2CCCC2)N(C(=O)Cc2ccc(Cl)c(Cl)c2)C[C@H]1CNS(C)(=O)=O.CN1C[C@@H](CN2CCCC2)N(C(=O)Cc2ccc(Cl)c(Cl)c2)C[C@H]1COC(=O)[C@H](N)CC(=O)O. The van der Waals surface area contributed by atoms with Crippen molar-refractivity contribution in [2.75, 3.05) is 198 Å². The predicted octanol–water partition coefficient (Wildman–Crippen LogP) is 6.96. The molecule has 33 nitrogen and oxygen atoms in total. The smallest absolute Gasteiger partial charge is 0.329 e. The van der Waals surface area contributed by atoms with Crippen molar-refractivity contribution in [3.63, 3.8) is 0 Å². The van der Waals surface area contributed by atoms with Gasteiger partial charge >= 0.3 is 29.8 Å². The molecule has 4 aromatic carbocycles. The average molecular weight is 2030 g/mol. The lowest BCUT2D eigenvalue weighted by atomic mass is 10.0. The van der Waals surface area contributed by atoms with Crippen LogP contribution in [0, 0.1) is 0 Å². The van der Waals surface area contributed by atoms with Gasteiger partial charge in [0.25, 0.3) is 0 Å². The molecule has 0 saturated carbocycles. The number of rotatable bonds is 34. The predicted molar refractivity (Wildman–Crippen MR) is 511 cm³/mol. The van der Waals surface area contributed by atoms with Gasteiger partial charge in [0, 0.05) is 104 Å². The van der Waals surface area contributed by atoms with Crippen molar-refractivity contribution < 1.29 is 81.5 Å². The molecular formula is C88H124Cl8N16O17S2. The van der Waals surface area contributed by atoms with Gasteiger partial charge in [-0.05, 0) is 215 Å². The van der Waals surface area contributed by atoms with Crippen molar-refractivity contribution in [3.05, 3.63) is 135 Å². The minimum atomic E-state index is -3.29. The van der Waals surface area contributed by atoms with Crippen LogP contribution in [-0.4, -0.2) is 405 Å². The van der Waals surface area contributed by atoms with E-state index >= 15 is 0 Å². The lowest BCUT2D eigenvalue weighted by Gasteiger charge is -2.46. The Hall–Kier alpha value is -6.37. The molecule has 0 aromatic heterocycles. The molecule has 8 fully saturated rings. The molecule has 12 rings (SSSR count). The number of hydrogen-bond acceptors (Lipinski definition) is 23. The summed E-state index contributed by atoms with van der Waals surface area (Å²) in [6.45, 7) is 16.8. The summed E-state index contributed by atoms with van der Waals surface area (Å²) in [6, 6.07) is 18.1. The number of carbonyl (C=O) groups is 9. The number of piperazine rings is 4. The molecule has 0 bridgehead atoms. The van der Waals surface area contributed by atoms with E-state index in [1.54, 1.807) is 60.7 Å². The van der Waals surface area contributed by atoms with Crippen LogP contribution >= 0.6 is 105 Å². The fourth-order valence-corrected chi connectivity index (χ4v) is 19.7. The van der Waals surface area contributed by atoms with Gasteiger partial charge in [0.1, 0.15) is 25.3 Å². The molecule has 0 radical (unpaired) electrons. The lowest BCUT2D eigenvalue weighted by Crippen LogP contribution is -2.64. The maximum absolute atomic E-state index is 13.5. The number of likely N-dealkylation sites (tertiary alicyclic amines) is 4. The second-order valence-corrected chi connectivity index (χ2v) is 40.6. The van der Waals surface area contributed by atoms with Crippen molar-refractivity contribution in [2.24, 2.45) is 5.73 Å². The molecule has 0 unspecified atom stereocenters. The zero-order valence-electron chi connectivity index (χ0n) is 74.7. The van der Waals surface area contributed by atoms with Crippen LogP contribution in [-0.2, 0) is 88.3 Å². The number of nitrogens with two attached hydrogens (primary N) is 1. The van der Waals surface area contributed by atoms with Crippen LogP contribution in [0.25, 0.3) is 0 Å². The highest BCUT2D eigenvalue weighted by molar-refractivity contribution is 7.88. The Morgan fingerprint density at radius 2 is 0.718 bits per heavy atom. The first-order valence-electron chi connectivity index (χ1n) is 44.1. The largest absolute Gasteiger partial charge is 0.481 e. The third-order valence-electron chi connectivity index (χ3n) is 24.9. The molecule has 8 aliphatic rings. The number of thiocarbonyl (C=S) groups is 1. The molecule has 0 aliphatic carbocycles. The summed E-state index contributed by atoms with van der Waals surface area (Å²) >= 11 is 53.8. The number of halogens is 8. The minimum absolute atomic E-state index is 0.000379. The van der Waals surface area contributed by atoms with Gasteiger partial charge < -0.3 is 85.5 Å². The standard InChI is InChI=1S/C24H33Cl2N5O5S.C23H32Cl2N4O5.C21H29Cl2N3O4.C20H30Cl2N4O3S/c1-29-12-17(13-30-6-2-3-7-30)31(21(32)9-15-4-5-18(25)19(26)8-15)14-16(29)11-27-24(37)28-20(23(35)36)10-22(33)34;1-27-11-16(12-28-6-2-3-7-28)29(21(30)9-15-4-5-18(24)19(25)8-15)13-17(27)14-34-23(33)20(26)10-22(31)32;1-24-10-16(11-25-6-2-3-7-25)26(12-17(24)13-30-14-21(28)29)20(27)9-15-4-5-18(22)19(23)8-15;1-24-12-17(13-25-7-3-4-8-25)26(14-16(24)11-23-30(2,28)29)20(27)10-15-5-6-18(21)19(22)9-15/h4-5,8,16-17,20H,2-3,6-7,9-14H2,1H3,(H,33,34)(H,35,36)(H2,27,28,37);4-5,8,16-17,20H,2-3,6-7,9-14,26H2,1H3,(H,31,32);4-5,8,16-17H,2-3,6-7,9-14H2,1H3,(H,28,29);5-6,9,16-17,23H,3-4,7-8,10-14H2,1-2H3/t16-,17+,20+;16-,17-,20+;2*16-,17+/m1001/s1. The van der Waals surface area contributed by atoms with Gasteiger partial charge in [-0.2, -0.15) is 0 Å². The first kappa shape index (κ1) is 108. The maximum Gasteiger partial charge on any atom is 0.329 e. The number of carbonyl (C=O) groups excluding carboxylic acids is 5. The zero-order valence-corrected chi connectivity index (χ0v) is 82.3. The summed E-state index contributed by atoms with van der Waals surface area (Å²) in [7, 11) is 4.64. The normalized spacial score (nSPS) is 22.6. The van der Waals surface area contributed by atoms with Gasteiger partial charge in [-0.25, -0.2) is 22.7 Å². The molecular weight excluding hydrogens is 1900 g/mol. The summed E-state index contributed by atoms with van der Waals surface area (Å²) in [4.78, 5) is 135. The van der Waals surface area contributed by atoms with Crippen molar-refractivity contribution in [2.45, 2.75) is 150 Å². The van der Waals surface area contributed by atoms with E-state index in [1.165, 1.54) is 25.7 Å². The molecule has 10 atom stereocenters. The molecule has 8 aliphatic heterocycles. The van der Waals surface area contributed by atoms with Crippen LogP contribution in [0.15, 0.2) is 72.8 Å². The highest BCUT2D eigenvalue weighted by Crippen LogP contribution is 2.31. The Morgan fingerprint density at radius 1 is 0.420 bits per heavy atom. The lowest BCUT2D eigenvalue weighted by molar-refractivity contribution is -0.152. The topological polar surface area (TPSA) is 388 Å². The van der Waals surface area contributed by atoms with E-state index in [9.17, 15) is 56.7 Å². The monoisotopic (exact) mass is 2020 g/mol. The van der Waals surface area contributed by atoms with Crippen LogP contribution in [0.2, 0.25) is 40.2 Å². The van der Waals surface area contributed by atoms with E-state index in [-0.39, 0.29) is 129 Å². The van der Waals surface area contributed by atoms with Crippen LogP contribution in [0.5, 0.6) is 0 Å². The van der Waals surface area contributed by atoms with Crippen LogP contribution in [0.3, 0.4) is 0 Å². The number of esters is 1. The number of likely N-dealkylation sites (N-methyl/N-ethyl adjacent to an activating group) is 4. The molecule has 9 N–H and O–H groups in total. The Morgan fingerprint density at radius 3 is 1.01 bits per heavy atom. The second kappa shape index (κ2) is 52.8. The molecule has 4 amide bonds. The van der Waals surface area contributed by atoms with E-state index in [4.69, 9.17) is 136 Å². The van der Waals surface area contributed by atoms with Gasteiger partial charge in [0.15, 0.2) is 5.11 Å². The number of ether oxygens (including phenoxy) is 2. The quantitative estimate of drug-likeness (QED) is 0.0173. The van der Waals surface area contributed by atoms with E-state index in [0.717, 1.165) is 139 Å². The molecule has 0 spiro atoms. The zero-order chi connectivity index (χ0) is 95.5. The van der Waals surface area contributed by atoms with Crippen molar-refractivity contribution in [3.8, 4) is 0 Å². The van der Waals surface area contributed by atoms with E-state index in [2.05, 4.69) is 54.6 Å². The molecule has 8 saturated heterocycles. The Balaban J connectivity index is 0.000000197. The number of nitrogens with one attached hydrogen (secondary N) is 3. The Kier molecular flexibility index (Phi) is 43.7. The summed E-state index contributed by atoms with van der Waals surface area (Å²) in [5.41, 5.74) is 8.82. The Labute approximate surface area is 812 Å². The van der Waals surface area contributed by atoms with E-state index < -0.39 is 64.8 Å². The first-order chi connectivity index (χ1) is 62.1. The van der Waals surface area contributed by atoms with Gasteiger partial charge in [-0.15, -0.1) is 0 Å². The van der Waals surface area contributed by atoms with Crippen molar-refractivity contribution >= 4 is 174 Å². The summed E-state index contributed by atoms with van der Waals surface area (Å²) in [5, 5.41) is 44.9. The third kappa shape index (κ3) is 35.3. The number of amides is 4. The van der Waals surface area contributed by atoms with Crippen molar-refractivity contribution in [1.29, 1.82) is 0 Å². The van der Waals surface area contributed by atoms with Gasteiger partial charge in [-0.1, -0.05) is 117 Å². The number of carboxylic acids is 4. The molecule has 4 aromatic rings. The number of aliphatic carboxylic acids is 4. The summed E-state index contributed by atoms with van der Waals surface area (Å²) in [5.74, 6) is -5.44. The van der Waals surface area contributed by atoms with Gasteiger partial charge in [0.05, 0.1) is 128 Å². The summed E-state index contributed by atoms with van der Waals surface area (Å²) in [6.07, 6.45) is 10.4. The molecule has 726 valence electrons. The summed E-state index contributed by atoms with van der Waals surface area (Å²) < 4.78 is 36.3. The fraction of sp³-hybridized carbons (Fsp3) is 0.614. The molecule has 131 heavy (non-hydrogen) atoms. The van der Waals surface area contributed by atoms with Crippen molar-refractivity contribution in [1.82, 2.24) is 74.2 Å². The number of sulfonamides is 1. The number of carboxylic acid groups (broad SMARTS) is 4. The third-order valence-corrected chi connectivity index (χ3v) is 28.8. The molecule has 8 heterocycles. The highest BCUT2D eigenvalue weighted by atomic mass is 35.5. The van der Waals surface area contributed by atoms with Crippen LogP contribution in [0.4, 0.5) is 0 Å². The minimum Gasteiger partial charge on any atom is -0.481 e. The van der Waals surface area contributed by atoms with E-state index in [0.29, 0.717) is 92.5 Å². The highest BCUT2D eigenvalue weighted by Gasteiger charge is 2.42. The van der Waals surface area contributed by atoms with E-state index in [1.807, 2.05) is 59.9 Å². The van der Waals surface area contributed by atoms with Crippen LogP contribution < -0.4 is 21.1 Å². The number of hydrogen-bond donors (Lipinski definition) is 8. The number of nitrogens with zero attached hydrogens (tertiary/aromatic N) is 12. The fourth-order valence-electron chi connectivity index (χ4n) is 17.7. The number of benzene rings is 4. The Bertz CT molecular complexity index is 4660.